The van der Waals surface area contributed by atoms with Crippen LogP contribution in [-0.2, 0) is 0 Å². The summed E-state index contributed by atoms with van der Waals surface area (Å²) < 4.78 is 0. The van der Waals surface area contributed by atoms with Crippen LogP contribution in [0.5, 0.6) is 0 Å². The zero-order valence-electron chi connectivity index (χ0n) is 12.5. The highest BCUT2D eigenvalue weighted by Crippen LogP contribution is 2.20. The predicted molar refractivity (Wildman–Crippen MR) is 84.9 cm³/mol. The van der Waals surface area contributed by atoms with Gasteiger partial charge in [0.05, 0.1) is 0 Å². The fraction of sp³-hybridized carbons (Fsp3) is 0.500. The predicted octanol–water partition coefficient (Wildman–Crippen LogP) is 1.22. The van der Waals surface area contributed by atoms with Gasteiger partial charge in [-0.1, -0.05) is 0 Å². The molecule has 118 valence electrons. The monoisotopic (exact) mass is 302 g/mol. The third-order valence-corrected chi connectivity index (χ3v) is 4.41. The highest BCUT2D eigenvalue weighted by Gasteiger charge is 2.25. The van der Waals surface area contributed by atoms with Gasteiger partial charge in [0, 0.05) is 36.4 Å². The fourth-order valence-corrected chi connectivity index (χ4v) is 3.09. The second-order valence-corrected chi connectivity index (χ2v) is 5.96. The summed E-state index contributed by atoms with van der Waals surface area (Å²) in [7, 11) is 0. The van der Waals surface area contributed by atoms with Gasteiger partial charge in [-0.05, 0) is 49.9 Å². The summed E-state index contributed by atoms with van der Waals surface area (Å²) in [5.74, 6) is -0.100. The summed E-state index contributed by atoms with van der Waals surface area (Å²) in [6.07, 6.45) is 3.90. The van der Waals surface area contributed by atoms with Crippen molar-refractivity contribution in [2.24, 2.45) is 5.73 Å². The Labute approximate surface area is 130 Å². The topological polar surface area (TPSA) is 87.5 Å². The molecule has 1 aromatic carbocycles. The molecule has 1 aromatic rings. The first kappa shape index (κ1) is 14.8. The number of nitrogens with two attached hydrogens (primary N) is 1. The Morgan fingerprint density at radius 1 is 1.23 bits per heavy atom. The van der Waals surface area contributed by atoms with E-state index in [4.69, 9.17) is 5.73 Å². The Hall–Kier alpha value is -2.08. The van der Waals surface area contributed by atoms with Crippen molar-refractivity contribution in [1.82, 2.24) is 10.6 Å². The Kier molecular flexibility index (Phi) is 4.29. The second-order valence-electron chi connectivity index (χ2n) is 5.96. The average Bonchev–Trinajstić information content (AvgIpc) is 2.93. The van der Waals surface area contributed by atoms with Gasteiger partial charge in [-0.3, -0.25) is 9.69 Å². The van der Waals surface area contributed by atoms with Crippen molar-refractivity contribution in [3.05, 3.63) is 29.8 Å². The van der Waals surface area contributed by atoms with Gasteiger partial charge in [0.25, 0.3) is 5.91 Å². The van der Waals surface area contributed by atoms with Gasteiger partial charge >= 0.3 is 6.03 Å². The number of carbonyl (C=O) groups is 2. The highest BCUT2D eigenvalue weighted by molar-refractivity contribution is 5.96. The van der Waals surface area contributed by atoms with Gasteiger partial charge < -0.3 is 16.4 Å². The minimum absolute atomic E-state index is 0.0558. The molecule has 3 rings (SSSR count). The van der Waals surface area contributed by atoms with Crippen molar-refractivity contribution in [1.29, 1.82) is 0 Å². The molecule has 2 aliphatic rings. The molecule has 4 N–H and O–H groups in total. The van der Waals surface area contributed by atoms with E-state index >= 15 is 0 Å². The molecule has 1 heterocycles. The molecule has 22 heavy (non-hydrogen) atoms. The zero-order valence-corrected chi connectivity index (χ0v) is 12.5. The number of anilines is 1. The molecule has 2 fully saturated rings. The standard InChI is InChI=1S/C16H22N4O2/c17-13-3-1-4-14(13)19-15(21)11-5-7-12(8-6-11)20-10-2-9-18-16(20)22/h5-8,13-14H,1-4,9-10,17H2,(H,18,22)(H,19,21). The first-order chi connectivity index (χ1) is 10.6. The first-order valence-electron chi connectivity index (χ1n) is 7.87. The molecule has 2 unspecified atom stereocenters. The summed E-state index contributed by atoms with van der Waals surface area (Å²) in [4.78, 5) is 25.7. The summed E-state index contributed by atoms with van der Waals surface area (Å²) in [5.41, 5.74) is 7.39. The number of rotatable bonds is 3. The third-order valence-electron chi connectivity index (χ3n) is 4.41. The SMILES string of the molecule is NC1CCCC1NC(=O)c1ccc(N2CCCNC2=O)cc1. The molecule has 6 nitrogen and oxygen atoms in total. The molecule has 1 aliphatic carbocycles. The van der Waals surface area contributed by atoms with Crippen molar-refractivity contribution in [2.45, 2.75) is 37.8 Å². The molecule has 6 heteroatoms. The van der Waals surface area contributed by atoms with Crippen molar-refractivity contribution >= 4 is 17.6 Å². The van der Waals surface area contributed by atoms with E-state index in [9.17, 15) is 9.59 Å². The molecular weight excluding hydrogens is 280 g/mol. The summed E-state index contributed by atoms with van der Waals surface area (Å²) in [6.45, 7) is 1.42. The van der Waals surface area contributed by atoms with Gasteiger partial charge in [-0.15, -0.1) is 0 Å². The maximum absolute atomic E-state index is 12.2. The van der Waals surface area contributed by atoms with Crippen LogP contribution in [0, 0.1) is 0 Å². The lowest BCUT2D eigenvalue weighted by Crippen LogP contribution is -2.46. The van der Waals surface area contributed by atoms with Crippen molar-refractivity contribution in [3.63, 3.8) is 0 Å². The smallest absolute Gasteiger partial charge is 0.321 e. The zero-order chi connectivity index (χ0) is 15.5. The Morgan fingerprint density at radius 2 is 2.00 bits per heavy atom. The normalized spacial score (nSPS) is 25.0. The van der Waals surface area contributed by atoms with Crippen molar-refractivity contribution < 1.29 is 9.59 Å². The number of nitrogens with zero attached hydrogens (tertiary/aromatic N) is 1. The van der Waals surface area contributed by atoms with E-state index < -0.39 is 0 Å². The summed E-state index contributed by atoms with van der Waals surface area (Å²) in [6, 6.07) is 7.18. The van der Waals surface area contributed by atoms with Crippen molar-refractivity contribution in [3.8, 4) is 0 Å². The van der Waals surface area contributed by atoms with Crippen LogP contribution in [-0.4, -0.2) is 37.1 Å². The number of amides is 3. The van der Waals surface area contributed by atoms with E-state index in [0.29, 0.717) is 12.1 Å². The molecule has 0 spiro atoms. The Morgan fingerprint density at radius 3 is 2.64 bits per heavy atom. The molecule has 2 atom stereocenters. The molecule has 0 bridgehead atoms. The second kappa shape index (κ2) is 6.36. The number of urea groups is 1. The molecule has 0 radical (unpaired) electrons. The molecule has 1 saturated heterocycles. The number of carbonyl (C=O) groups excluding carboxylic acids is 2. The molecule has 1 aliphatic heterocycles. The lowest BCUT2D eigenvalue weighted by atomic mass is 10.1. The van der Waals surface area contributed by atoms with E-state index in [2.05, 4.69) is 10.6 Å². The van der Waals surface area contributed by atoms with Crippen LogP contribution in [0.3, 0.4) is 0 Å². The maximum Gasteiger partial charge on any atom is 0.321 e. The van der Waals surface area contributed by atoms with Crippen LogP contribution in [0.1, 0.15) is 36.0 Å². The molecule has 1 saturated carbocycles. The van der Waals surface area contributed by atoms with Crippen LogP contribution < -0.4 is 21.3 Å². The molecule has 0 aromatic heterocycles. The van der Waals surface area contributed by atoms with Gasteiger partial charge in [0.1, 0.15) is 0 Å². The van der Waals surface area contributed by atoms with E-state index in [1.807, 2.05) is 12.1 Å². The van der Waals surface area contributed by atoms with Gasteiger partial charge in [0.2, 0.25) is 0 Å². The van der Waals surface area contributed by atoms with Crippen LogP contribution in [0.4, 0.5) is 10.5 Å². The minimum atomic E-state index is -0.100. The number of hydrogen-bond acceptors (Lipinski definition) is 3. The van der Waals surface area contributed by atoms with E-state index in [1.54, 1.807) is 17.0 Å². The number of benzene rings is 1. The van der Waals surface area contributed by atoms with E-state index in [1.165, 1.54) is 0 Å². The molecular formula is C16H22N4O2. The lowest BCUT2D eigenvalue weighted by molar-refractivity contribution is 0.0934. The first-order valence-corrected chi connectivity index (χ1v) is 7.87. The van der Waals surface area contributed by atoms with Gasteiger partial charge in [-0.25, -0.2) is 4.79 Å². The lowest BCUT2D eigenvalue weighted by Gasteiger charge is -2.27. The molecule has 3 amide bonds. The average molecular weight is 302 g/mol. The summed E-state index contributed by atoms with van der Waals surface area (Å²) >= 11 is 0. The van der Waals surface area contributed by atoms with E-state index in [-0.39, 0.29) is 24.0 Å². The van der Waals surface area contributed by atoms with Gasteiger partial charge in [-0.2, -0.15) is 0 Å². The minimum Gasteiger partial charge on any atom is -0.348 e. The van der Waals surface area contributed by atoms with E-state index in [0.717, 1.165) is 37.9 Å². The maximum atomic E-state index is 12.2. The summed E-state index contributed by atoms with van der Waals surface area (Å²) in [5, 5.41) is 5.81. The number of hydrogen-bond donors (Lipinski definition) is 3. The largest absolute Gasteiger partial charge is 0.348 e. The van der Waals surface area contributed by atoms with Crippen LogP contribution in [0.25, 0.3) is 0 Å². The highest BCUT2D eigenvalue weighted by atomic mass is 16.2. The Bertz CT molecular complexity index is 558. The quantitative estimate of drug-likeness (QED) is 0.784. The van der Waals surface area contributed by atoms with Crippen LogP contribution >= 0.6 is 0 Å². The van der Waals surface area contributed by atoms with Crippen LogP contribution in [0.15, 0.2) is 24.3 Å². The number of nitrogens with one attached hydrogen (secondary N) is 2. The third kappa shape index (κ3) is 3.06. The fourth-order valence-electron chi connectivity index (χ4n) is 3.09. The van der Waals surface area contributed by atoms with Crippen molar-refractivity contribution in [2.75, 3.05) is 18.0 Å². The van der Waals surface area contributed by atoms with Crippen LogP contribution in [0.2, 0.25) is 0 Å². The Balaban J connectivity index is 1.65. The van der Waals surface area contributed by atoms with Gasteiger partial charge in [0.15, 0.2) is 0 Å².